The smallest absolute Gasteiger partial charge is 0.309 e. The van der Waals surface area contributed by atoms with E-state index in [4.69, 9.17) is 0 Å². The topological polar surface area (TPSA) is 24.9 Å². The van der Waals surface area contributed by atoms with Crippen LogP contribution in [0.4, 0.5) is 13.2 Å². The fourth-order valence-corrected chi connectivity index (χ4v) is 2.67. The first-order valence-electron chi connectivity index (χ1n) is 6.28. The lowest BCUT2D eigenvalue weighted by molar-refractivity contribution is -0.138. The van der Waals surface area contributed by atoms with Crippen LogP contribution in [-0.2, 0) is 6.18 Å². The summed E-state index contributed by atoms with van der Waals surface area (Å²) in [6, 6.07) is 5.82. The van der Waals surface area contributed by atoms with Crippen LogP contribution in [-0.4, -0.2) is 12.0 Å². The van der Waals surface area contributed by atoms with Gasteiger partial charge < -0.3 is 5.32 Å². The molecule has 0 saturated carbocycles. The van der Waals surface area contributed by atoms with Gasteiger partial charge in [-0.25, -0.2) is 0 Å². The van der Waals surface area contributed by atoms with Crippen LogP contribution in [0.15, 0.2) is 41.1 Å². The molecule has 1 heterocycles. The molecule has 0 radical (unpaired) electrons. The van der Waals surface area contributed by atoms with Crippen molar-refractivity contribution in [2.45, 2.75) is 19.1 Å². The minimum atomic E-state index is -4.39. The lowest BCUT2D eigenvalue weighted by Crippen LogP contribution is -2.19. The van der Waals surface area contributed by atoms with Crippen molar-refractivity contribution < 1.29 is 13.2 Å². The highest BCUT2D eigenvalue weighted by Gasteiger charge is 2.33. The summed E-state index contributed by atoms with van der Waals surface area (Å²) in [5.41, 5.74) is 1.65. The zero-order valence-electron chi connectivity index (χ0n) is 11.5. The molecule has 1 N–H and O–H groups in total. The average Bonchev–Trinajstić information content (AvgIpc) is 2.40. The van der Waals surface area contributed by atoms with E-state index in [2.05, 4.69) is 26.2 Å². The van der Waals surface area contributed by atoms with Crippen molar-refractivity contribution in [1.82, 2.24) is 10.3 Å². The normalized spacial score (nSPS) is 13.2. The molecule has 0 fully saturated rings. The summed E-state index contributed by atoms with van der Waals surface area (Å²) in [6.45, 7) is 1.89. The summed E-state index contributed by atoms with van der Waals surface area (Å²) in [5.74, 6) is 0. The van der Waals surface area contributed by atoms with Gasteiger partial charge in [-0.3, -0.25) is 4.98 Å². The Labute approximate surface area is 129 Å². The molecule has 21 heavy (non-hydrogen) atoms. The summed E-state index contributed by atoms with van der Waals surface area (Å²) in [5, 5.41) is 3.04. The Morgan fingerprint density at radius 3 is 2.43 bits per heavy atom. The van der Waals surface area contributed by atoms with E-state index in [0.29, 0.717) is 5.56 Å². The third kappa shape index (κ3) is 3.63. The molecule has 1 aromatic carbocycles. The minimum absolute atomic E-state index is 0.0379. The van der Waals surface area contributed by atoms with Crippen molar-refractivity contribution in [2.75, 3.05) is 7.05 Å². The van der Waals surface area contributed by atoms with Crippen LogP contribution < -0.4 is 5.32 Å². The Balaban J connectivity index is 2.49. The van der Waals surface area contributed by atoms with Crippen molar-refractivity contribution in [1.29, 1.82) is 0 Å². The van der Waals surface area contributed by atoms with E-state index in [1.54, 1.807) is 25.5 Å². The van der Waals surface area contributed by atoms with E-state index in [1.165, 1.54) is 6.07 Å². The molecule has 0 saturated heterocycles. The second kappa shape index (κ2) is 6.15. The molecule has 2 aromatic rings. The van der Waals surface area contributed by atoms with Crippen molar-refractivity contribution in [3.63, 3.8) is 0 Å². The minimum Gasteiger partial charge on any atom is -0.309 e. The van der Waals surface area contributed by atoms with Crippen molar-refractivity contribution in [3.05, 3.63) is 63.4 Å². The van der Waals surface area contributed by atoms with E-state index in [9.17, 15) is 13.2 Å². The number of nitrogens with zero attached hydrogens (tertiary/aromatic N) is 1. The van der Waals surface area contributed by atoms with Crippen LogP contribution in [0.25, 0.3) is 0 Å². The predicted molar refractivity (Wildman–Crippen MR) is 79.0 cm³/mol. The maximum Gasteiger partial charge on any atom is 0.417 e. The van der Waals surface area contributed by atoms with E-state index in [-0.39, 0.29) is 10.5 Å². The monoisotopic (exact) mass is 358 g/mol. The molecule has 1 atom stereocenters. The standard InChI is InChI=1S/C15H14BrF3N2/c1-9-5-11(8-21-7-9)14(20-2)10-3-4-13(16)12(6-10)15(17,18)19/h3-8,14,20H,1-2H3. The van der Waals surface area contributed by atoms with Gasteiger partial charge in [-0.2, -0.15) is 13.2 Å². The number of halogens is 4. The lowest BCUT2D eigenvalue weighted by atomic mass is 9.97. The zero-order chi connectivity index (χ0) is 15.6. The van der Waals surface area contributed by atoms with Crippen LogP contribution in [0.3, 0.4) is 0 Å². The Hall–Kier alpha value is -1.40. The van der Waals surface area contributed by atoms with Gasteiger partial charge in [-0.15, -0.1) is 0 Å². The lowest BCUT2D eigenvalue weighted by Gasteiger charge is -2.19. The average molecular weight is 359 g/mol. The van der Waals surface area contributed by atoms with Crippen LogP contribution in [0.1, 0.15) is 28.3 Å². The summed E-state index contributed by atoms with van der Waals surface area (Å²) >= 11 is 2.95. The molecule has 6 heteroatoms. The van der Waals surface area contributed by atoms with E-state index in [1.807, 2.05) is 13.0 Å². The molecule has 1 unspecified atom stereocenters. The van der Waals surface area contributed by atoms with Crippen LogP contribution in [0.5, 0.6) is 0 Å². The van der Waals surface area contributed by atoms with Crippen LogP contribution in [0, 0.1) is 6.92 Å². The second-order valence-corrected chi connectivity index (χ2v) is 5.61. The first-order valence-corrected chi connectivity index (χ1v) is 7.07. The van der Waals surface area contributed by atoms with Crippen LogP contribution >= 0.6 is 15.9 Å². The Bertz CT molecular complexity index is 641. The van der Waals surface area contributed by atoms with Gasteiger partial charge >= 0.3 is 6.18 Å². The second-order valence-electron chi connectivity index (χ2n) is 4.75. The number of aromatic nitrogens is 1. The number of hydrogen-bond acceptors (Lipinski definition) is 2. The van der Waals surface area contributed by atoms with Gasteiger partial charge in [0, 0.05) is 16.9 Å². The summed E-state index contributed by atoms with van der Waals surface area (Å²) in [7, 11) is 1.71. The maximum atomic E-state index is 13.0. The van der Waals surface area contributed by atoms with E-state index in [0.717, 1.165) is 17.2 Å². The largest absolute Gasteiger partial charge is 0.417 e. The van der Waals surface area contributed by atoms with Gasteiger partial charge in [0.05, 0.1) is 11.6 Å². The molecule has 0 aliphatic rings. The van der Waals surface area contributed by atoms with Crippen LogP contribution in [0.2, 0.25) is 0 Å². The molecule has 0 spiro atoms. The number of alkyl halides is 3. The molecule has 112 valence electrons. The third-order valence-electron chi connectivity index (χ3n) is 3.15. The van der Waals surface area contributed by atoms with E-state index < -0.39 is 11.7 Å². The number of benzene rings is 1. The van der Waals surface area contributed by atoms with Gasteiger partial charge in [0.25, 0.3) is 0 Å². The van der Waals surface area contributed by atoms with Crippen molar-refractivity contribution in [2.24, 2.45) is 0 Å². The molecule has 0 aliphatic heterocycles. The van der Waals surface area contributed by atoms with Gasteiger partial charge in [-0.1, -0.05) is 28.1 Å². The fourth-order valence-electron chi connectivity index (χ4n) is 2.20. The molecule has 0 amide bonds. The molecule has 1 aromatic heterocycles. The Morgan fingerprint density at radius 2 is 1.86 bits per heavy atom. The maximum absolute atomic E-state index is 13.0. The summed E-state index contributed by atoms with van der Waals surface area (Å²) < 4.78 is 39.0. The van der Waals surface area contributed by atoms with Crippen molar-refractivity contribution >= 4 is 15.9 Å². The summed E-state index contributed by atoms with van der Waals surface area (Å²) in [4.78, 5) is 4.10. The third-order valence-corrected chi connectivity index (χ3v) is 3.84. The molecule has 0 aliphatic carbocycles. The summed E-state index contributed by atoms with van der Waals surface area (Å²) in [6.07, 6.45) is -1.03. The number of hydrogen-bond donors (Lipinski definition) is 1. The highest BCUT2D eigenvalue weighted by molar-refractivity contribution is 9.10. The zero-order valence-corrected chi connectivity index (χ0v) is 13.1. The number of rotatable bonds is 3. The highest BCUT2D eigenvalue weighted by Crippen LogP contribution is 2.37. The first-order chi connectivity index (χ1) is 9.82. The fraction of sp³-hybridized carbons (Fsp3) is 0.267. The molecule has 2 nitrogen and oxygen atoms in total. The first kappa shape index (κ1) is 16.0. The Morgan fingerprint density at radius 1 is 1.14 bits per heavy atom. The van der Waals surface area contributed by atoms with Gasteiger partial charge in [0.2, 0.25) is 0 Å². The predicted octanol–water partition coefficient (Wildman–Crippen LogP) is 4.48. The number of aryl methyl sites for hydroxylation is 1. The molecule has 2 rings (SSSR count). The SMILES string of the molecule is CNC(c1cncc(C)c1)c1ccc(Br)c(C(F)(F)F)c1. The van der Waals surface area contributed by atoms with Crippen molar-refractivity contribution in [3.8, 4) is 0 Å². The molecular formula is C15H14BrF3N2. The molecular weight excluding hydrogens is 345 g/mol. The quantitative estimate of drug-likeness (QED) is 0.874. The highest BCUT2D eigenvalue weighted by atomic mass is 79.9. The molecule has 0 bridgehead atoms. The van der Waals surface area contributed by atoms with Gasteiger partial charge in [-0.05, 0) is 42.8 Å². The van der Waals surface area contributed by atoms with Gasteiger partial charge in [0.1, 0.15) is 0 Å². The number of nitrogens with one attached hydrogen (secondary N) is 1. The Kier molecular flexibility index (Phi) is 4.68. The number of pyridine rings is 1. The van der Waals surface area contributed by atoms with E-state index >= 15 is 0 Å². The van der Waals surface area contributed by atoms with Gasteiger partial charge in [0.15, 0.2) is 0 Å².